The van der Waals surface area contributed by atoms with Crippen molar-refractivity contribution in [2.24, 2.45) is 23.3 Å². The van der Waals surface area contributed by atoms with E-state index in [0.29, 0.717) is 27.1 Å². The topological polar surface area (TPSA) is 99.6 Å². The quantitative estimate of drug-likeness (QED) is 0.687. The molecule has 1 aliphatic heterocycles. The van der Waals surface area contributed by atoms with Crippen molar-refractivity contribution >= 4 is 11.8 Å². The number of hydrogen-bond donors (Lipinski definition) is 2. The normalized spacial score (nSPS) is 22.5. The average Bonchev–Trinajstić information content (AvgIpc) is 3.00. The van der Waals surface area contributed by atoms with Crippen LogP contribution in [-0.2, 0) is 0 Å². The molecule has 1 heterocycles. The summed E-state index contributed by atoms with van der Waals surface area (Å²) in [5.41, 5.74) is 12.5. The average molecular weight is 218 g/mol. The summed E-state index contributed by atoms with van der Waals surface area (Å²) in [6, 6.07) is 4.21. The summed E-state index contributed by atoms with van der Waals surface area (Å²) in [4.78, 5) is 0. The summed E-state index contributed by atoms with van der Waals surface area (Å²) < 4.78 is 0. The SMILES string of the molecule is N#CC1=C(N)SC(N)=C(C#N)C1C1CC1. The van der Waals surface area contributed by atoms with E-state index in [0.717, 1.165) is 24.6 Å². The molecule has 1 fully saturated rings. The highest BCUT2D eigenvalue weighted by molar-refractivity contribution is 8.06. The predicted molar refractivity (Wildman–Crippen MR) is 57.5 cm³/mol. The maximum Gasteiger partial charge on any atom is 0.0981 e. The van der Waals surface area contributed by atoms with E-state index >= 15 is 0 Å². The molecular weight excluding hydrogens is 208 g/mol. The highest BCUT2D eigenvalue weighted by Gasteiger charge is 2.40. The third-order valence-electron chi connectivity index (χ3n) is 2.71. The summed E-state index contributed by atoms with van der Waals surface area (Å²) in [7, 11) is 0. The van der Waals surface area contributed by atoms with Crippen molar-refractivity contribution in [1.29, 1.82) is 10.5 Å². The van der Waals surface area contributed by atoms with Gasteiger partial charge in [-0.25, -0.2) is 0 Å². The summed E-state index contributed by atoms with van der Waals surface area (Å²) in [5.74, 6) is 0.230. The lowest BCUT2D eigenvalue weighted by molar-refractivity contribution is 0.642. The molecule has 15 heavy (non-hydrogen) atoms. The standard InChI is InChI=1S/C10H10N4S/c11-3-6-8(5-1-2-5)7(4-12)10(14)15-9(6)13/h5,8H,1-2,13-14H2. The van der Waals surface area contributed by atoms with Crippen LogP contribution in [0.5, 0.6) is 0 Å². The fourth-order valence-electron chi connectivity index (χ4n) is 1.83. The largest absolute Gasteiger partial charge is 0.392 e. The van der Waals surface area contributed by atoms with Crippen LogP contribution in [0, 0.1) is 34.5 Å². The number of nitriles is 2. The van der Waals surface area contributed by atoms with Crippen molar-refractivity contribution in [3.05, 3.63) is 21.2 Å². The number of allylic oxidation sites excluding steroid dienone is 2. The number of nitrogens with zero attached hydrogens (tertiary/aromatic N) is 2. The minimum Gasteiger partial charge on any atom is -0.392 e. The number of thioether (sulfide) groups is 1. The van der Waals surface area contributed by atoms with Gasteiger partial charge in [0.1, 0.15) is 0 Å². The number of hydrogen-bond acceptors (Lipinski definition) is 5. The molecule has 2 aliphatic rings. The lowest BCUT2D eigenvalue weighted by atomic mass is 9.88. The Morgan fingerprint density at radius 2 is 1.53 bits per heavy atom. The van der Waals surface area contributed by atoms with Crippen LogP contribution < -0.4 is 11.5 Å². The van der Waals surface area contributed by atoms with Crippen LogP contribution in [0.4, 0.5) is 0 Å². The Labute approximate surface area is 92.2 Å². The van der Waals surface area contributed by atoms with Crippen LogP contribution in [0.3, 0.4) is 0 Å². The summed E-state index contributed by atoms with van der Waals surface area (Å²) in [5, 5.41) is 19.0. The molecule has 0 aromatic carbocycles. The molecular formula is C10H10N4S. The fraction of sp³-hybridized carbons (Fsp3) is 0.400. The van der Waals surface area contributed by atoms with Crippen molar-refractivity contribution in [3.8, 4) is 12.1 Å². The summed E-state index contributed by atoms with van der Waals surface area (Å²) >= 11 is 1.13. The summed E-state index contributed by atoms with van der Waals surface area (Å²) in [6.07, 6.45) is 2.10. The van der Waals surface area contributed by atoms with E-state index in [2.05, 4.69) is 12.1 Å². The molecule has 0 spiro atoms. The van der Waals surface area contributed by atoms with Crippen LogP contribution in [0.2, 0.25) is 0 Å². The van der Waals surface area contributed by atoms with Gasteiger partial charge in [-0.3, -0.25) is 0 Å². The van der Waals surface area contributed by atoms with Crippen molar-refractivity contribution in [3.63, 3.8) is 0 Å². The van der Waals surface area contributed by atoms with Crippen molar-refractivity contribution < 1.29 is 0 Å². The monoisotopic (exact) mass is 218 g/mol. The molecule has 0 saturated heterocycles. The Morgan fingerprint density at radius 1 is 1.07 bits per heavy atom. The minimum atomic E-state index is -0.152. The van der Waals surface area contributed by atoms with E-state index in [1.165, 1.54) is 0 Å². The van der Waals surface area contributed by atoms with Gasteiger partial charge in [0.25, 0.3) is 0 Å². The van der Waals surface area contributed by atoms with Gasteiger partial charge in [-0.15, -0.1) is 0 Å². The van der Waals surface area contributed by atoms with Crippen molar-refractivity contribution in [2.75, 3.05) is 0 Å². The lowest BCUT2D eigenvalue weighted by Crippen LogP contribution is -2.20. The van der Waals surface area contributed by atoms with Gasteiger partial charge >= 0.3 is 0 Å². The van der Waals surface area contributed by atoms with Crippen LogP contribution >= 0.6 is 11.8 Å². The first kappa shape index (κ1) is 9.95. The third-order valence-corrected chi connectivity index (χ3v) is 3.59. The molecule has 76 valence electrons. The van der Waals surface area contributed by atoms with Crippen LogP contribution in [-0.4, -0.2) is 0 Å². The molecule has 1 saturated carbocycles. The zero-order valence-corrected chi connectivity index (χ0v) is 8.84. The van der Waals surface area contributed by atoms with Crippen LogP contribution in [0.1, 0.15) is 12.8 Å². The molecule has 0 aromatic rings. The molecule has 4 N–H and O–H groups in total. The lowest BCUT2D eigenvalue weighted by Gasteiger charge is -2.22. The van der Waals surface area contributed by atoms with E-state index in [-0.39, 0.29) is 5.92 Å². The molecule has 1 aliphatic carbocycles. The van der Waals surface area contributed by atoms with Gasteiger partial charge in [0, 0.05) is 5.92 Å². The Bertz CT molecular complexity index is 409. The zero-order valence-electron chi connectivity index (χ0n) is 8.03. The fourth-order valence-corrected chi connectivity index (χ4v) is 2.63. The molecule has 0 bridgehead atoms. The molecule has 0 amide bonds. The van der Waals surface area contributed by atoms with E-state index in [4.69, 9.17) is 22.0 Å². The minimum absolute atomic E-state index is 0.152. The molecule has 5 heteroatoms. The van der Waals surface area contributed by atoms with Gasteiger partial charge in [0.2, 0.25) is 0 Å². The predicted octanol–water partition coefficient (Wildman–Crippen LogP) is 1.15. The highest BCUT2D eigenvalue weighted by Crippen LogP contribution is 2.49. The molecule has 0 aromatic heterocycles. The molecule has 0 atom stereocenters. The first-order valence-electron chi connectivity index (χ1n) is 4.66. The maximum absolute atomic E-state index is 9.03. The smallest absolute Gasteiger partial charge is 0.0981 e. The molecule has 4 nitrogen and oxygen atoms in total. The van der Waals surface area contributed by atoms with Gasteiger partial charge in [0.05, 0.1) is 33.3 Å². The van der Waals surface area contributed by atoms with Gasteiger partial charge in [-0.05, 0) is 18.8 Å². The molecule has 0 radical (unpaired) electrons. The van der Waals surface area contributed by atoms with Gasteiger partial charge < -0.3 is 11.5 Å². The Hall–Kier alpha value is -1.59. The van der Waals surface area contributed by atoms with Gasteiger partial charge in [0.15, 0.2) is 0 Å². The van der Waals surface area contributed by atoms with E-state index in [1.807, 2.05) is 0 Å². The van der Waals surface area contributed by atoms with Crippen molar-refractivity contribution in [2.45, 2.75) is 12.8 Å². The number of rotatable bonds is 1. The molecule has 0 unspecified atom stereocenters. The second-order valence-corrected chi connectivity index (χ2v) is 4.78. The van der Waals surface area contributed by atoms with Crippen LogP contribution in [0.15, 0.2) is 21.2 Å². The van der Waals surface area contributed by atoms with E-state index in [9.17, 15) is 0 Å². The van der Waals surface area contributed by atoms with Crippen LogP contribution in [0.25, 0.3) is 0 Å². The maximum atomic E-state index is 9.03. The first-order valence-corrected chi connectivity index (χ1v) is 5.48. The van der Waals surface area contributed by atoms with E-state index in [1.54, 1.807) is 0 Å². The Balaban J connectivity index is 2.46. The molecule has 2 rings (SSSR count). The third kappa shape index (κ3) is 1.55. The second kappa shape index (κ2) is 3.52. The highest BCUT2D eigenvalue weighted by atomic mass is 32.2. The van der Waals surface area contributed by atoms with E-state index < -0.39 is 0 Å². The summed E-state index contributed by atoms with van der Waals surface area (Å²) in [6.45, 7) is 0. The first-order chi connectivity index (χ1) is 7.19. The Kier molecular flexibility index (Phi) is 2.34. The Morgan fingerprint density at radius 3 is 1.87 bits per heavy atom. The second-order valence-electron chi connectivity index (χ2n) is 3.70. The van der Waals surface area contributed by atoms with Gasteiger partial charge in [-0.2, -0.15) is 10.5 Å². The number of nitrogens with two attached hydrogens (primary N) is 2. The van der Waals surface area contributed by atoms with Gasteiger partial charge in [-0.1, -0.05) is 11.8 Å². The van der Waals surface area contributed by atoms with Crippen molar-refractivity contribution in [1.82, 2.24) is 0 Å². The zero-order chi connectivity index (χ0) is 11.0.